The molecule has 0 aliphatic heterocycles. The summed E-state index contributed by atoms with van der Waals surface area (Å²) in [5.74, 6) is 0.0195. The molecule has 1 rings (SSSR count). The Morgan fingerprint density at radius 2 is 1.86 bits per heavy atom. The lowest BCUT2D eigenvalue weighted by Gasteiger charge is -2.08. The number of rotatable bonds is 10. The highest BCUT2D eigenvalue weighted by atomic mass is 16.5. The zero-order valence-electron chi connectivity index (χ0n) is 13.4. The zero-order valence-corrected chi connectivity index (χ0v) is 13.4. The van der Waals surface area contributed by atoms with Gasteiger partial charge in [0.25, 0.3) is 0 Å². The third kappa shape index (κ3) is 7.67. The summed E-state index contributed by atoms with van der Waals surface area (Å²) in [6, 6.07) is 5.96. The maximum absolute atomic E-state index is 11.6. The smallest absolute Gasteiger partial charge is 0.303 e. The van der Waals surface area contributed by atoms with Crippen molar-refractivity contribution in [2.24, 2.45) is 0 Å². The van der Waals surface area contributed by atoms with Crippen LogP contribution in [0, 0.1) is 13.8 Å². The first kappa shape index (κ1) is 18.0. The van der Waals surface area contributed by atoms with Gasteiger partial charge in [0, 0.05) is 19.4 Å². The first-order chi connectivity index (χ1) is 10.5. The number of aryl methyl sites for hydroxylation is 2. The Morgan fingerprint density at radius 1 is 1.09 bits per heavy atom. The second-order valence-electron chi connectivity index (χ2n) is 5.40. The van der Waals surface area contributed by atoms with Crippen molar-refractivity contribution in [2.45, 2.75) is 46.0 Å². The largest absolute Gasteiger partial charge is 0.494 e. The Labute approximate surface area is 131 Å². The predicted molar refractivity (Wildman–Crippen MR) is 85.1 cm³/mol. The Hall–Kier alpha value is -2.04. The summed E-state index contributed by atoms with van der Waals surface area (Å²) in [7, 11) is 0. The van der Waals surface area contributed by atoms with Crippen LogP contribution in [0.4, 0.5) is 0 Å². The van der Waals surface area contributed by atoms with E-state index in [0.29, 0.717) is 38.8 Å². The van der Waals surface area contributed by atoms with Crippen LogP contribution in [0.25, 0.3) is 0 Å². The summed E-state index contributed by atoms with van der Waals surface area (Å²) in [5.41, 5.74) is 2.42. The van der Waals surface area contributed by atoms with Gasteiger partial charge in [-0.25, -0.2) is 0 Å². The van der Waals surface area contributed by atoms with Gasteiger partial charge in [0.2, 0.25) is 5.91 Å². The second kappa shape index (κ2) is 9.82. The standard InChI is InChI=1S/C17H25NO4/c1-13-8-9-15(12-14(13)2)22-11-5-6-16(19)18-10-4-3-7-17(20)21/h8-9,12H,3-7,10-11H2,1-2H3,(H,18,19)(H,20,21). The van der Waals surface area contributed by atoms with Gasteiger partial charge in [0.05, 0.1) is 6.61 Å². The number of unbranched alkanes of at least 4 members (excludes halogenated alkanes) is 1. The molecular formula is C17H25NO4. The van der Waals surface area contributed by atoms with Crippen LogP contribution in [0.15, 0.2) is 18.2 Å². The van der Waals surface area contributed by atoms with Gasteiger partial charge in [0.1, 0.15) is 5.75 Å². The lowest BCUT2D eigenvalue weighted by molar-refractivity contribution is -0.137. The number of ether oxygens (including phenoxy) is 1. The van der Waals surface area contributed by atoms with E-state index in [1.54, 1.807) is 0 Å². The molecule has 5 heteroatoms. The number of carboxylic acids is 1. The van der Waals surface area contributed by atoms with Gasteiger partial charge in [-0.15, -0.1) is 0 Å². The van der Waals surface area contributed by atoms with E-state index in [-0.39, 0.29) is 12.3 Å². The van der Waals surface area contributed by atoms with Gasteiger partial charge in [-0.2, -0.15) is 0 Å². The van der Waals surface area contributed by atoms with Gasteiger partial charge in [0.15, 0.2) is 0 Å². The van der Waals surface area contributed by atoms with Crippen molar-refractivity contribution in [1.82, 2.24) is 5.32 Å². The average Bonchev–Trinajstić information content (AvgIpc) is 2.46. The van der Waals surface area contributed by atoms with Gasteiger partial charge >= 0.3 is 5.97 Å². The molecule has 22 heavy (non-hydrogen) atoms. The molecule has 0 saturated carbocycles. The van der Waals surface area contributed by atoms with Crippen molar-refractivity contribution >= 4 is 11.9 Å². The molecule has 0 radical (unpaired) electrons. The van der Waals surface area contributed by atoms with Crippen LogP contribution in [0.2, 0.25) is 0 Å². The lowest BCUT2D eigenvalue weighted by atomic mass is 10.1. The normalized spacial score (nSPS) is 10.3. The number of amides is 1. The molecule has 5 nitrogen and oxygen atoms in total. The molecule has 0 aromatic heterocycles. The van der Waals surface area contributed by atoms with Crippen molar-refractivity contribution < 1.29 is 19.4 Å². The summed E-state index contributed by atoms with van der Waals surface area (Å²) >= 11 is 0. The number of hydrogen-bond acceptors (Lipinski definition) is 3. The first-order valence-electron chi connectivity index (χ1n) is 7.67. The Kier molecular flexibility index (Phi) is 8.04. The van der Waals surface area contributed by atoms with Crippen molar-refractivity contribution in [1.29, 1.82) is 0 Å². The SMILES string of the molecule is Cc1ccc(OCCCC(=O)NCCCCC(=O)O)cc1C. The second-order valence-corrected chi connectivity index (χ2v) is 5.40. The fourth-order valence-electron chi connectivity index (χ4n) is 1.94. The van der Waals surface area contributed by atoms with Crippen molar-refractivity contribution in [3.05, 3.63) is 29.3 Å². The fraction of sp³-hybridized carbons (Fsp3) is 0.529. The number of carbonyl (C=O) groups is 2. The minimum atomic E-state index is -0.796. The van der Waals surface area contributed by atoms with E-state index >= 15 is 0 Å². The van der Waals surface area contributed by atoms with E-state index < -0.39 is 5.97 Å². The number of aliphatic carboxylic acids is 1. The third-order valence-electron chi connectivity index (χ3n) is 3.43. The maximum Gasteiger partial charge on any atom is 0.303 e. The van der Waals surface area contributed by atoms with Crippen LogP contribution in [0.1, 0.15) is 43.2 Å². The van der Waals surface area contributed by atoms with Gasteiger partial charge < -0.3 is 15.2 Å². The van der Waals surface area contributed by atoms with Crippen molar-refractivity contribution in [2.75, 3.05) is 13.2 Å². The van der Waals surface area contributed by atoms with E-state index in [4.69, 9.17) is 9.84 Å². The number of benzene rings is 1. The summed E-state index contributed by atoms with van der Waals surface area (Å²) < 4.78 is 5.62. The van der Waals surface area contributed by atoms with E-state index in [1.165, 1.54) is 11.1 Å². The quantitative estimate of drug-likeness (QED) is 0.652. The lowest BCUT2D eigenvalue weighted by Crippen LogP contribution is -2.24. The minimum Gasteiger partial charge on any atom is -0.494 e. The van der Waals surface area contributed by atoms with E-state index in [1.807, 2.05) is 25.1 Å². The molecule has 0 aliphatic rings. The van der Waals surface area contributed by atoms with E-state index in [2.05, 4.69) is 12.2 Å². The maximum atomic E-state index is 11.6. The van der Waals surface area contributed by atoms with Crippen LogP contribution in [-0.2, 0) is 9.59 Å². The molecule has 0 fully saturated rings. The molecule has 1 aromatic carbocycles. The highest BCUT2D eigenvalue weighted by Gasteiger charge is 2.02. The Bertz CT molecular complexity index is 499. The summed E-state index contributed by atoms with van der Waals surface area (Å²) in [6.07, 6.45) is 2.51. The summed E-state index contributed by atoms with van der Waals surface area (Å²) in [6.45, 7) is 5.14. The van der Waals surface area contributed by atoms with Crippen LogP contribution >= 0.6 is 0 Å². The molecule has 0 atom stereocenters. The van der Waals surface area contributed by atoms with Crippen LogP contribution in [0.5, 0.6) is 5.75 Å². The van der Waals surface area contributed by atoms with Gasteiger partial charge in [-0.3, -0.25) is 9.59 Å². The molecule has 122 valence electrons. The van der Waals surface area contributed by atoms with Crippen molar-refractivity contribution in [3.63, 3.8) is 0 Å². The topological polar surface area (TPSA) is 75.6 Å². The number of nitrogens with one attached hydrogen (secondary N) is 1. The molecule has 0 bridgehead atoms. The number of carbonyl (C=O) groups excluding carboxylic acids is 1. The third-order valence-corrected chi connectivity index (χ3v) is 3.43. The number of hydrogen-bond donors (Lipinski definition) is 2. The Morgan fingerprint density at radius 3 is 2.55 bits per heavy atom. The molecular weight excluding hydrogens is 282 g/mol. The number of carboxylic acid groups (broad SMARTS) is 1. The van der Waals surface area contributed by atoms with E-state index in [0.717, 1.165) is 5.75 Å². The molecule has 0 aliphatic carbocycles. The summed E-state index contributed by atoms with van der Waals surface area (Å²) in [5, 5.41) is 11.3. The first-order valence-corrected chi connectivity index (χ1v) is 7.67. The molecule has 0 unspecified atom stereocenters. The Balaban J connectivity index is 2.07. The van der Waals surface area contributed by atoms with Crippen molar-refractivity contribution in [3.8, 4) is 5.75 Å². The van der Waals surface area contributed by atoms with E-state index in [9.17, 15) is 9.59 Å². The molecule has 1 amide bonds. The minimum absolute atomic E-state index is 0.0148. The van der Waals surface area contributed by atoms with Crippen LogP contribution in [-0.4, -0.2) is 30.1 Å². The van der Waals surface area contributed by atoms with Crippen LogP contribution in [0.3, 0.4) is 0 Å². The molecule has 0 heterocycles. The van der Waals surface area contributed by atoms with Crippen LogP contribution < -0.4 is 10.1 Å². The zero-order chi connectivity index (χ0) is 16.4. The highest BCUT2D eigenvalue weighted by Crippen LogP contribution is 2.16. The average molecular weight is 307 g/mol. The van der Waals surface area contributed by atoms with Gasteiger partial charge in [-0.1, -0.05) is 6.07 Å². The summed E-state index contributed by atoms with van der Waals surface area (Å²) in [4.78, 5) is 21.9. The molecule has 0 spiro atoms. The predicted octanol–water partition coefficient (Wildman–Crippen LogP) is 2.83. The monoisotopic (exact) mass is 307 g/mol. The fourth-order valence-corrected chi connectivity index (χ4v) is 1.94. The molecule has 0 saturated heterocycles. The van der Waals surface area contributed by atoms with Gasteiger partial charge in [-0.05, 0) is 56.4 Å². The highest BCUT2D eigenvalue weighted by molar-refractivity contribution is 5.75. The molecule has 2 N–H and O–H groups in total. The molecule has 1 aromatic rings.